The monoisotopic (exact) mass is 325 g/mol. The van der Waals surface area contributed by atoms with E-state index in [9.17, 15) is 14.4 Å². The molecule has 0 unspecified atom stereocenters. The zero-order valence-corrected chi connectivity index (χ0v) is 12.0. The number of carbonyl (C=O) groups excluding carboxylic acids is 2. The SMILES string of the molecule is CC(C)(CN1C(=O)c2cccc(Br)c2C1=O)C(=O)O. The number of hydrogen-bond donors (Lipinski definition) is 1. The molecule has 0 aliphatic carbocycles. The van der Waals surface area contributed by atoms with Gasteiger partial charge in [0.25, 0.3) is 11.8 Å². The van der Waals surface area contributed by atoms with Gasteiger partial charge >= 0.3 is 5.97 Å². The minimum Gasteiger partial charge on any atom is -0.481 e. The first-order chi connectivity index (χ1) is 8.75. The van der Waals surface area contributed by atoms with Gasteiger partial charge in [-0.2, -0.15) is 0 Å². The molecule has 0 spiro atoms. The van der Waals surface area contributed by atoms with Gasteiger partial charge in [0, 0.05) is 11.0 Å². The molecule has 1 aromatic carbocycles. The predicted molar refractivity (Wildman–Crippen MR) is 70.9 cm³/mol. The molecule has 1 heterocycles. The molecule has 100 valence electrons. The van der Waals surface area contributed by atoms with Crippen molar-refractivity contribution in [3.8, 4) is 0 Å². The number of aliphatic carboxylic acids is 1. The summed E-state index contributed by atoms with van der Waals surface area (Å²) in [4.78, 5) is 36.5. The number of amides is 2. The normalized spacial score (nSPS) is 14.8. The molecule has 2 amide bonds. The Morgan fingerprint density at radius 3 is 2.47 bits per heavy atom. The number of carbonyl (C=O) groups is 3. The van der Waals surface area contributed by atoms with Gasteiger partial charge in [-0.25, -0.2) is 0 Å². The molecular weight excluding hydrogens is 314 g/mol. The van der Waals surface area contributed by atoms with E-state index in [0.717, 1.165) is 4.90 Å². The summed E-state index contributed by atoms with van der Waals surface area (Å²) < 4.78 is 0.541. The van der Waals surface area contributed by atoms with Gasteiger partial charge in [0.15, 0.2) is 0 Å². The second-order valence-electron chi connectivity index (χ2n) is 5.05. The van der Waals surface area contributed by atoms with Gasteiger partial charge in [0.2, 0.25) is 0 Å². The van der Waals surface area contributed by atoms with E-state index in [0.29, 0.717) is 15.6 Å². The molecule has 6 heteroatoms. The molecule has 0 bridgehead atoms. The maximum absolute atomic E-state index is 12.2. The number of halogens is 1. The van der Waals surface area contributed by atoms with Crippen LogP contribution in [0.25, 0.3) is 0 Å². The average Bonchev–Trinajstić information content (AvgIpc) is 2.55. The molecule has 2 rings (SSSR count). The van der Waals surface area contributed by atoms with Crippen LogP contribution in [0.15, 0.2) is 22.7 Å². The Morgan fingerprint density at radius 2 is 1.95 bits per heavy atom. The lowest BCUT2D eigenvalue weighted by molar-refractivity contribution is -0.147. The molecule has 0 atom stereocenters. The van der Waals surface area contributed by atoms with E-state index in [1.807, 2.05) is 0 Å². The first-order valence-corrected chi connectivity index (χ1v) is 6.43. The highest BCUT2D eigenvalue weighted by molar-refractivity contribution is 9.10. The quantitative estimate of drug-likeness (QED) is 0.864. The predicted octanol–water partition coefficient (Wildman–Crippen LogP) is 2.16. The van der Waals surface area contributed by atoms with E-state index < -0.39 is 23.2 Å². The van der Waals surface area contributed by atoms with Crippen LogP contribution in [-0.4, -0.2) is 34.3 Å². The highest BCUT2D eigenvalue weighted by atomic mass is 79.9. The zero-order valence-electron chi connectivity index (χ0n) is 10.4. The van der Waals surface area contributed by atoms with Crippen LogP contribution in [0.3, 0.4) is 0 Å². The molecule has 1 N–H and O–H groups in total. The fourth-order valence-electron chi connectivity index (χ4n) is 1.90. The third-order valence-corrected chi connectivity index (χ3v) is 3.74. The summed E-state index contributed by atoms with van der Waals surface area (Å²) in [7, 11) is 0. The molecule has 0 saturated carbocycles. The number of carboxylic acid groups (broad SMARTS) is 1. The van der Waals surface area contributed by atoms with Crippen molar-refractivity contribution in [1.82, 2.24) is 4.90 Å². The van der Waals surface area contributed by atoms with Crippen LogP contribution in [0.1, 0.15) is 34.6 Å². The molecular formula is C13H12BrNO4. The summed E-state index contributed by atoms with van der Waals surface area (Å²) in [5, 5.41) is 9.09. The summed E-state index contributed by atoms with van der Waals surface area (Å²) in [6, 6.07) is 4.91. The molecule has 0 aromatic heterocycles. The van der Waals surface area contributed by atoms with Crippen molar-refractivity contribution < 1.29 is 19.5 Å². The molecule has 0 radical (unpaired) electrons. The van der Waals surface area contributed by atoms with E-state index in [4.69, 9.17) is 5.11 Å². The van der Waals surface area contributed by atoms with Crippen LogP contribution in [0, 0.1) is 5.41 Å². The van der Waals surface area contributed by atoms with E-state index in [2.05, 4.69) is 15.9 Å². The zero-order chi connectivity index (χ0) is 14.4. The summed E-state index contributed by atoms with van der Waals surface area (Å²) >= 11 is 3.24. The Kier molecular flexibility index (Phi) is 3.22. The second kappa shape index (κ2) is 4.45. The lowest BCUT2D eigenvalue weighted by Gasteiger charge is -2.24. The van der Waals surface area contributed by atoms with Gasteiger partial charge in [-0.05, 0) is 41.9 Å². The van der Waals surface area contributed by atoms with Crippen LogP contribution in [0.2, 0.25) is 0 Å². The molecule has 0 fully saturated rings. The number of nitrogens with zero attached hydrogens (tertiary/aromatic N) is 1. The van der Waals surface area contributed by atoms with Crippen molar-refractivity contribution >= 4 is 33.7 Å². The number of imide groups is 1. The number of hydrogen-bond acceptors (Lipinski definition) is 3. The van der Waals surface area contributed by atoms with Crippen molar-refractivity contribution in [2.45, 2.75) is 13.8 Å². The van der Waals surface area contributed by atoms with Gasteiger partial charge < -0.3 is 5.11 Å². The molecule has 0 saturated heterocycles. The molecule has 1 aromatic rings. The minimum atomic E-state index is -1.18. The molecule has 5 nitrogen and oxygen atoms in total. The van der Waals surface area contributed by atoms with E-state index in [-0.39, 0.29) is 6.54 Å². The Balaban J connectivity index is 2.39. The Morgan fingerprint density at radius 1 is 1.32 bits per heavy atom. The van der Waals surface area contributed by atoms with E-state index in [1.165, 1.54) is 13.8 Å². The highest BCUT2D eigenvalue weighted by Gasteiger charge is 2.41. The maximum Gasteiger partial charge on any atom is 0.310 e. The second-order valence-corrected chi connectivity index (χ2v) is 5.90. The number of rotatable bonds is 3. The van der Waals surface area contributed by atoms with Gasteiger partial charge in [0.05, 0.1) is 16.5 Å². The van der Waals surface area contributed by atoms with Crippen molar-refractivity contribution in [3.05, 3.63) is 33.8 Å². The lowest BCUT2D eigenvalue weighted by Crippen LogP contribution is -2.42. The molecule has 19 heavy (non-hydrogen) atoms. The fraction of sp³-hybridized carbons (Fsp3) is 0.308. The van der Waals surface area contributed by atoms with E-state index >= 15 is 0 Å². The molecule has 1 aliphatic heterocycles. The Labute approximate surface area is 118 Å². The third-order valence-electron chi connectivity index (χ3n) is 3.08. The van der Waals surface area contributed by atoms with Crippen molar-refractivity contribution in [3.63, 3.8) is 0 Å². The van der Waals surface area contributed by atoms with Crippen LogP contribution >= 0.6 is 15.9 Å². The summed E-state index contributed by atoms with van der Waals surface area (Å²) in [6.07, 6.45) is 0. The third kappa shape index (κ3) is 2.16. The van der Waals surface area contributed by atoms with E-state index in [1.54, 1.807) is 18.2 Å². The van der Waals surface area contributed by atoms with Crippen LogP contribution < -0.4 is 0 Å². The Bertz CT molecular complexity index is 594. The molecule has 1 aliphatic rings. The summed E-state index contributed by atoms with van der Waals surface area (Å²) in [5.41, 5.74) is -0.575. The van der Waals surface area contributed by atoms with Crippen molar-refractivity contribution in [2.75, 3.05) is 6.54 Å². The standard InChI is InChI=1S/C13H12BrNO4/c1-13(2,12(18)19)6-15-10(16)7-4-3-5-8(14)9(7)11(15)17/h3-5H,6H2,1-2H3,(H,18,19). The fourth-order valence-corrected chi connectivity index (χ4v) is 2.43. The first kappa shape index (κ1) is 13.7. The lowest BCUT2D eigenvalue weighted by atomic mass is 9.93. The van der Waals surface area contributed by atoms with Crippen molar-refractivity contribution in [2.24, 2.45) is 5.41 Å². The van der Waals surface area contributed by atoms with Gasteiger partial charge in [-0.1, -0.05) is 6.07 Å². The smallest absolute Gasteiger partial charge is 0.310 e. The Hall–Kier alpha value is -1.69. The summed E-state index contributed by atoms with van der Waals surface area (Å²) in [5.74, 6) is -1.96. The summed E-state index contributed by atoms with van der Waals surface area (Å²) in [6.45, 7) is 2.81. The highest BCUT2D eigenvalue weighted by Crippen LogP contribution is 2.31. The van der Waals surface area contributed by atoms with Crippen LogP contribution in [0.5, 0.6) is 0 Å². The maximum atomic E-state index is 12.2. The number of fused-ring (bicyclic) bond motifs is 1. The van der Waals surface area contributed by atoms with Gasteiger partial charge in [0.1, 0.15) is 0 Å². The van der Waals surface area contributed by atoms with Gasteiger partial charge in [-0.3, -0.25) is 19.3 Å². The largest absolute Gasteiger partial charge is 0.481 e. The minimum absolute atomic E-state index is 0.152. The van der Waals surface area contributed by atoms with Gasteiger partial charge in [-0.15, -0.1) is 0 Å². The number of carboxylic acids is 1. The average molecular weight is 326 g/mol. The van der Waals surface area contributed by atoms with Crippen LogP contribution in [-0.2, 0) is 4.79 Å². The first-order valence-electron chi connectivity index (χ1n) is 5.64. The van der Waals surface area contributed by atoms with Crippen molar-refractivity contribution in [1.29, 1.82) is 0 Å². The topological polar surface area (TPSA) is 74.7 Å². The number of benzene rings is 1. The van der Waals surface area contributed by atoms with Crippen LogP contribution in [0.4, 0.5) is 0 Å².